The number of hydroxylamine groups is 1. The Labute approximate surface area is 170 Å². The lowest BCUT2D eigenvalue weighted by atomic mass is 9.95. The number of carbonyl (C=O) groups excluding carboxylic acids is 1. The van der Waals surface area contributed by atoms with Crippen LogP contribution in [0.15, 0.2) is 59.5 Å². The normalized spacial score (nSPS) is 16.6. The fourth-order valence-electron chi connectivity index (χ4n) is 3.28. The van der Waals surface area contributed by atoms with Crippen LogP contribution in [-0.2, 0) is 14.6 Å². The van der Waals surface area contributed by atoms with Crippen molar-refractivity contribution in [2.45, 2.75) is 22.5 Å². The highest BCUT2D eigenvalue weighted by Gasteiger charge is 2.53. The molecule has 0 aliphatic carbocycles. The summed E-state index contributed by atoms with van der Waals surface area (Å²) in [6, 6.07) is 15.1. The van der Waals surface area contributed by atoms with Crippen LogP contribution in [0.2, 0.25) is 0 Å². The van der Waals surface area contributed by atoms with Gasteiger partial charge in [0.1, 0.15) is 16.4 Å². The molecule has 7 nitrogen and oxygen atoms in total. The van der Waals surface area contributed by atoms with E-state index in [2.05, 4.69) is 0 Å². The predicted molar refractivity (Wildman–Crippen MR) is 107 cm³/mol. The first-order valence-electron chi connectivity index (χ1n) is 8.60. The lowest BCUT2D eigenvalue weighted by Gasteiger charge is -2.38. The summed E-state index contributed by atoms with van der Waals surface area (Å²) >= 11 is 0. The largest absolute Gasteiger partial charge is 0.456 e. The van der Waals surface area contributed by atoms with Crippen molar-refractivity contribution in [3.8, 4) is 11.5 Å². The highest BCUT2D eigenvalue weighted by molar-refractivity contribution is 7.93. The summed E-state index contributed by atoms with van der Waals surface area (Å²) in [4.78, 5) is 14.4. The summed E-state index contributed by atoms with van der Waals surface area (Å²) < 4.78 is 31.2. The number of amides is 1. The Morgan fingerprint density at radius 1 is 1.07 bits per heavy atom. The number of nitrogens with zero attached hydrogens (tertiary/aromatic N) is 1. The van der Waals surface area contributed by atoms with Gasteiger partial charge in [-0.1, -0.05) is 30.3 Å². The molecule has 152 valence electrons. The third-order valence-electron chi connectivity index (χ3n) is 4.93. The first kappa shape index (κ1) is 22.2. The molecule has 0 radical (unpaired) electrons. The smallest absolute Gasteiger partial charge is 0.265 e. The van der Waals surface area contributed by atoms with Crippen molar-refractivity contribution in [3.63, 3.8) is 0 Å². The number of para-hydroxylation sites is 2. The van der Waals surface area contributed by atoms with Gasteiger partial charge in [-0.3, -0.25) is 10.0 Å². The molecule has 2 N–H and O–H groups in total. The van der Waals surface area contributed by atoms with Gasteiger partial charge in [0.15, 0.2) is 14.6 Å². The zero-order valence-electron chi connectivity index (χ0n) is 15.4. The minimum Gasteiger partial charge on any atom is -0.456 e. The zero-order valence-corrected chi connectivity index (χ0v) is 17.0. The van der Waals surface area contributed by atoms with E-state index in [0.717, 1.165) is 0 Å². The van der Waals surface area contributed by atoms with Crippen LogP contribution < -0.4 is 10.2 Å². The molecule has 2 aromatic rings. The van der Waals surface area contributed by atoms with Crippen molar-refractivity contribution in [1.82, 2.24) is 10.4 Å². The van der Waals surface area contributed by atoms with Gasteiger partial charge in [-0.15, -0.1) is 12.4 Å². The number of likely N-dealkylation sites (tertiary alicyclic amines) is 1. The van der Waals surface area contributed by atoms with E-state index < -0.39 is 20.5 Å². The third-order valence-corrected chi connectivity index (χ3v) is 7.47. The standard InChI is InChI=1S/C19H22N2O5S.ClH/c1-21-13-11-19(12-14-21,18(22)20-23)27(24,25)17-10-6-5-9-16(17)26-15-7-3-2-4-8-15;/h2-10,23H,11-14H2,1H3,(H,20,22);1H. The van der Waals surface area contributed by atoms with Crippen molar-refractivity contribution < 1.29 is 23.2 Å². The maximum Gasteiger partial charge on any atom is 0.265 e. The number of nitrogens with one attached hydrogen (secondary N) is 1. The average molecular weight is 427 g/mol. The number of ether oxygens (including phenoxy) is 1. The van der Waals surface area contributed by atoms with E-state index in [1.165, 1.54) is 6.07 Å². The van der Waals surface area contributed by atoms with Crippen molar-refractivity contribution in [2.75, 3.05) is 20.1 Å². The summed E-state index contributed by atoms with van der Waals surface area (Å²) in [6.45, 7) is 0.850. The molecule has 2 aromatic carbocycles. The number of carbonyl (C=O) groups is 1. The highest BCUT2D eigenvalue weighted by Crippen LogP contribution is 2.40. The number of sulfone groups is 1. The number of halogens is 1. The van der Waals surface area contributed by atoms with Crippen LogP contribution >= 0.6 is 12.4 Å². The van der Waals surface area contributed by atoms with Gasteiger partial charge in [0, 0.05) is 0 Å². The van der Waals surface area contributed by atoms with Gasteiger partial charge in [-0.05, 0) is 57.2 Å². The van der Waals surface area contributed by atoms with Crippen molar-refractivity contribution in [2.24, 2.45) is 0 Å². The minimum absolute atomic E-state index is 0. The van der Waals surface area contributed by atoms with Crippen molar-refractivity contribution in [3.05, 3.63) is 54.6 Å². The molecule has 1 fully saturated rings. The molecule has 1 saturated heterocycles. The van der Waals surface area contributed by atoms with E-state index in [-0.39, 0.29) is 35.9 Å². The molecule has 1 aliphatic heterocycles. The second kappa shape index (κ2) is 8.91. The van der Waals surface area contributed by atoms with Gasteiger partial charge in [0.05, 0.1) is 0 Å². The second-order valence-electron chi connectivity index (χ2n) is 6.60. The zero-order chi connectivity index (χ0) is 19.5. The topological polar surface area (TPSA) is 95.9 Å². The molecular weight excluding hydrogens is 404 g/mol. The lowest BCUT2D eigenvalue weighted by Crippen LogP contribution is -2.57. The SMILES string of the molecule is CN1CCC(C(=O)NO)(S(=O)(=O)c2ccccc2Oc2ccccc2)CC1.Cl. The molecule has 0 unspecified atom stereocenters. The molecule has 1 aliphatic rings. The molecule has 3 rings (SSSR count). The molecule has 0 saturated carbocycles. The quantitative estimate of drug-likeness (QED) is 0.563. The number of piperidine rings is 1. The molecule has 1 heterocycles. The van der Waals surface area contributed by atoms with E-state index in [1.54, 1.807) is 47.9 Å². The fraction of sp³-hybridized carbons (Fsp3) is 0.316. The lowest BCUT2D eigenvalue weighted by molar-refractivity contribution is -0.133. The number of benzene rings is 2. The van der Waals surface area contributed by atoms with Crippen LogP contribution in [0.4, 0.5) is 0 Å². The minimum atomic E-state index is -4.13. The molecular formula is C19H23ClN2O5S. The summed E-state index contributed by atoms with van der Waals surface area (Å²) in [7, 11) is -2.27. The van der Waals surface area contributed by atoms with Gasteiger partial charge in [-0.25, -0.2) is 13.9 Å². The Morgan fingerprint density at radius 3 is 2.25 bits per heavy atom. The van der Waals surface area contributed by atoms with Crippen LogP contribution in [0, 0.1) is 0 Å². The maximum absolute atomic E-state index is 13.6. The average Bonchev–Trinajstić information content (AvgIpc) is 2.69. The number of rotatable bonds is 5. The van der Waals surface area contributed by atoms with Crippen molar-refractivity contribution in [1.29, 1.82) is 0 Å². The number of hydrogen-bond acceptors (Lipinski definition) is 6. The Balaban J connectivity index is 0.00000280. The Morgan fingerprint density at radius 2 is 1.64 bits per heavy atom. The molecule has 9 heteroatoms. The second-order valence-corrected chi connectivity index (χ2v) is 8.83. The maximum atomic E-state index is 13.6. The van der Waals surface area contributed by atoms with Crippen LogP contribution in [0.1, 0.15) is 12.8 Å². The fourth-order valence-corrected chi connectivity index (χ4v) is 5.34. The molecule has 0 atom stereocenters. The molecule has 0 spiro atoms. The Bertz CT molecular complexity index is 913. The Kier molecular flexibility index (Phi) is 7.06. The van der Waals surface area contributed by atoms with Gasteiger partial charge in [0.2, 0.25) is 0 Å². The molecule has 0 aromatic heterocycles. The summed E-state index contributed by atoms with van der Waals surface area (Å²) in [6.07, 6.45) is 0.162. The van der Waals surface area contributed by atoms with E-state index in [1.807, 2.05) is 18.0 Å². The van der Waals surface area contributed by atoms with Gasteiger partial charge in [-0.2, -0.15) is 0 Å². The monoisotopic (exact) mass is 426 g/mol. The van der Waals surface area contributed by atoms with Crippen LogP contribution in [-0.4, -0.2) is 49.3 Å². The highest BCUT2D eigenvalue weighted by atomic mass is 35.5. The summed E-state index contributed by atoms with van der Waals surface area (Å²) in [5.41, 5.74) is 1.56. The van der Waals surface area contributed by atoms with E-state index in [0.29, 0.717) is 18.8 Å². The van der Waals surface area contributed by atoms with Crippen LogP contribution in [0.3, 0.4) is 0 Å². The van der Waals surface area contributed by atoms with Crippen LogP contribution in [0.25, 0.3) is 0 Å². The van der Waals surface area contributed by atoms with E-state index >= 15 is 0 Å². The third kappa shape index (κ3) is 4.00. The van der Waals surface area contributed by atoms with Gasteiger partial charge in [0.25, 0.3) is 5.91 Å². The summed E-state index contributed by atoms with van der Waals surface area (Å²) in [5.74, 6) is -0.276. The summed E-state index contributed by atoms with van der Waals surface area (Å²) in [5, 5.41) is 9.22. The molecule has 1 amide bonds. The van der Waals surface area contributed by atoms with E-state index in [9.17, 15) is 18.4 Å². The first-order valence-corrected chi connectivity index (χ1v) is 10.1. The van der Waals surface area contributed by atoms with Crippen LogP contribution in [0.5, 0.6) is 11.5 Å². The van der Waals surface area contributed by atoms with Gasteiger partial charge < -0.3 is 9.64 Å². The van der Waals surface area contributed by atoms with E-state index in [4.69, 9.17) is 4.74 Å². The first-order chi connectivity index (χ1) is 12.9. The number of hydrogen-bond donors (Lipinski definition) is 2. The van der Waals surface area contributed by atoms with Gasteiger partial charge >= 0.3 is 0 Å². The Hall–Kier alpha value is -2.13. The molecule has 28 heavy (non-hydrogen) atoms. The van der Waals surface area contributed by atoms with Crippen molar-refractivity contribution >= 4 is 28.2 Å². The molecule has 0 bridgehead atoms. The predicted octanol–water partition coefficient (Wildman–Crippen LogP) is 2.64.